The average molecular weight is 597 g/mol. The Labute approximate surface area is 249 Å². The molecule has 0 radical (unpaired) electrons. The monoisotopic (exact) mass is 596 g/mol. The molecule has 0 saturated heterocycles. The van der Waals surface area contributed by atoms with Gasteiger partial charge in [-0.05, 0) is 47.8 Å². The normalized spacial score (nSPS) is 17.2. The summed E-state index contributed by atoms with van der Waals surface area (Å²) >= 11 is 0. The summed E-state index contributed by atoms with van der Waals surface area (Å²) in [6, 6.07) is 29.8. The molecule has 1 aliphatic carbocycles. The number of allylic oxidation sites excluding steroid dienone is 4. The minimum atomic E-state index is -2.63. The van der Waals surface area contributed by atoms with Crippen LogP contribution in [0.1, 0.15) is 27.7 Å². The molecule has 1 unspecified atom stereocenters. The van der Waals surface area contributed by atoms with Gasteiger partial charge in [-0.15, -0.1) is 0 Å². The standard InChI is InChI=1S/C36H52Si4/c1-26-27(2)29(4)36(28(26)3)40(33-20-14-17-30(23-33)37(5,6)7,34-21-15-18-31(24-34)38(8,9)10)35-22-16-19-32(25-35)39(11,12)13/h14-25,28H,1-13H3. The topological polar surface area (TPSA) is 0 Å². The van der Waals surface area contributed by atoms with E-state index < -0.39 is 32.3 Å². The molecule has 1 atom stereocenters. The van der Waals surface area contributed by atoms with E-state index >= 15 is 0 Å². The van der Waals surface area contributed by atoms with Crippen LogP contribution >= 0.6 is 0 Å². The molecule has 4 heteroatoms. The fourth-order valence-corrected chi connectivity index (χ4v) is 16.3. The summed E-state index contributed by atoms with van der Waals surface area (Å²) in [7, 11) is -7.18. The summed E-state index contributed by atoms with van der Waals surface area (Å²) in [5.74, 6) is 0.438. The third kappa shape index (κ3) is 5.45. The molecule has 0 saturated carbocycles. The zero-order valence-corrected chi connectivity index (χ0v) is 31.5. The lowest BCUT2D eigenvalue weighted by atomic mass is 10.1. The number of rotatable bonds is 7. The van der Waals surface area contributed by atoms with Crippen LogP contribution in [-0.4, -0.2) is 32.3 Å². The second-order valence-electron chi connectivity index (χ2n) is 15.3. The van der Waals surface area contributed by atoms with Crippen LogP contribution in [0.5, 0.6) is 0 Å². The molecule has 0 aliphatic heterocycles. The first-order valence-corrected chi connectivity index (χ1v) is 27.6. The van der Waals surface area contributed by atoms with Crippen molar-refractivity contribution in [3.63, 3.8) is 0 Å². The zero-order chi connectivity index (χ0) is 29.8. The van der Waals surface area contributed by atoms with Crippen LogP contribution in [0.2, 0.25) is 58.9 Å². The van der Waals surface area contributed by atoms with Gasteiger partial charge in [-0.2, -0.15) is 0 Å². The minimum absolute atomic E-state index is 0.438. The van der Waals surface area contributed by atoms with E-state index in [1.807, 2.05) is 0 Å². The van der Waals surface area contributed by atoms with E-state index in [0.717, 1.165) is 0 Å². The van der Waals surface area contributed by atoms with Gasteiger partial charge >= 0.3 is 0 Å². The Morgan fingerprint density at radius 1 is 0.450 bits per heavy atom. The van der Waals surface area contributed by atoms with Crippen molar-refractivity contribution in [1.82, 2.24) is 0 Å². The molecule has 212 valence electrons. The SMILES string of the molecule is CC1=C(C)C(C)C([Si](c2cccc([Si](C)(C)C)c2)(c2cccc([Si](C)(C)C)c2)c2cccc([Si](C)(C)C)c2)=C1C. The predicted molar refractivity (Wildman–Crippen MR) is 193 cm³/mol. The van der Waals surface area contributed by atoms with Gasteiger partial charge in [0.2, 0.25) is 0 Å². The number of hydrogen-bond donors (Lipinski definition) is 0. The Balaban J connectivity index is 2.26. The Morgan fingerprint density at radius 2 is 0.750 bits per heavy atom. The average Bonchev–Trinajstić information content (AvgIpc) is 3.07. The van der Waals surface area contributed by atoms with E-state index in [-0.39, 0.29) is 0 Å². The van der Waals surface area contributed by atoms with E-state index in [2.05, 4.69) is 159 Å². The highest BCUT2D eigenvalue weighted by atomic mass is 28.3. The molecule has 0 nitrogen and oxygen atoms in total. The predicted octanol–water partition coefficient (Wildman–Crippen LogP) is 6.63. The van der Waals surface area contributed by atoms with Gasteiger partial charge in [0.25, 0.3) is 0 Å². The Morgan fingerprint density at radius 3 is 1.00 bits per heavy atom. The quantitative estimate of drug-likeness (QED) is 0.212. The number of benzene rings is 3. The zero-order valence-electron chi connectivity index (χ0n) is 27.5. The molecule has 0 spiro atoms. The van der Waals surface area contributed by atoms with Gasteiger partial charge in [0.15, 0.2) is 8.07 Å². The van der Waals surface area contributed by atoms with Gasteiger partial charge in [0.1, 0.15) is 0 Å². The van der Waals surface area contributed by atoms with E-state index in [0.29, 0.717) is 5.92 Å². The lowest BCUT2D eigenvalue weighted by molar-refractivity contribution is 0.851. The highest BCUT2D eigenvalue weighted by molar-refractivity contribution is 7.17. The maximum atomic E-state index is 2.65. The maximum absolute atomic E-state index is 2.65. The molecule has 0 amide bonds. The Kier molecular flexibility index (Phi) is 8.27. The van der Waals surface area contributed by atoms with Crippen LogP contribution in [0.25, 0.3) is 0 Å². The molecule has 0 heterocycles. The Bertz CT molecular complexity index is 1350. The van der Waals surface area contributed by atoms with E-state index in [4.69, 9.17) is 0 Å². The largest absolute Gasteiger partial charge is 0.176 e. The Hall–Kier alpha value is -1.99. The van der Waals surface area contributed by atoms with Crippen LogP contribution in [0.15, 0.2) is 94.7 Å². The summed E-state index contributed by atoms with van der Waals surface area (Å²) in [4.78, 5) is 0. The molecule has 4 rings (SSSR count). The van der Waals surface area contributed by atoms with E-state index in [9.17, 15) is 0 Å². The first kappa shape index (κ1) is 31.0. The van der Waals surface area contributed by atoms with Crippen molar-refractivity contribution < 1.29 is 0 Å². The summed E-state index contributed by atoms with van der Waals surface area (Å²) in [5.41, 5.74) is 4.59. The van der Waals surface area contributed by atoms with Crippen molar-refractivity contribution in [2.24, 2.45) is 5.92 Å². The van der Waals surface area contributed by atoms with Crippen molar-refractivity contribution >= 4 is 63.4 Å². The highest BCUT2D eigenvalue weighted by Crippen LogP contribution is 2.41. The second kappa shape index (κ2) is 10.7. The van der Waals surface area contributed by atoms with Gasteiger partial charge < -0.3 is 0 Å². The van der Waals surface area contributed by atoms with Gasteiger partial charge in [-0.25, -0.2) is 0 Å². The minimum Gasteiger partial charge on any atom is -0.0656 e. The van der Waals surface area contributed by atoms with Crippen LogP contribution in [-0.2, 0) is 0 Å². The molecule has 0 bridgehead atoms. The van der Waals surface area contributed by atoms with Crippen LogP contribution in [0, 0.1) is 5.92 Å². The molecule has 0 fully saturated rings. The molecule has 3 aromatic carbocycles. The van der Waals surface area contributed by atoms with Crippen LogP contribution in [0.4, 0.5) is 0 Å². The molecule has 40 heavy (non-hydrogen) atoms. The third-order valence-electron chi connectivity index (χ3n) is 9.53. The molecule has 0 N–H and O–H groups in total. The van der Waals surface area contributed by atoms with Gasteiger partial charge in [0.05, 0.1) is 24.2 Å². The van der Waals surface area contributed by atoms with Gasteiger partial charge in [0, 0.05) is 0 Å². The van der Waals surface area contributed by atoms with E-state index in [1.54, 1.807) is 41.9 Å². The fourth-order valence-electron chi connectivity index (χ4n) is 6.59. The van der Waals surface area contributed by atoms with Gasteiger partial charge in [-0.1, -0.05) is 171 Å². The molecular formula is C36H52Si4. The second-order valence-corrected chi connectivity index (χ2v) is 34.3. The molecule has 0 aromatic heterocycles. The summed E-state index contributed by atoms with van der Waals surface area (Å²) in [5, 5.41) is 11.1. The van der Waals surface area contributed by atoms with Crippen LogP contribution < -0.4 is 31.1 Å². The van der Waals surface area contributed by atoms with Crippen molar-refractivity contribution in [2.45, 2.75) is 86.6 Å². The maximum Gasteiger partial charge on any atom is 0.176 e. The molecular weight excluding hydrogens is 545 g/mol. The summed E-state index contributed by atoms with van der Waals surface area (Å²) < 4.78 is 0. The number of hydrogen-bond acceptors (Lipinski definition) is 0. The summed E-state index contributed by atoms with van der Waals surface area (Å²) in [6.07, 6.45) is 0. The van der Waals surface area contributed by atoms with Crippen molar-refractivity contribution in [3.05, 3.63) is 94.7 Å². The van der Waals surface area contributed by atoms with Crippen molar-refractivity contribution in [3.8, 4) is 0 Å². The van der Waals surface area contributed by atoms with Crippen molar-refractivity contribution in [2.75, 3.05) is 0 Å². The highest BCUT2D eigenvalue weighted by Gasteiger charge is 2.48. The van der Waals surface area contributed by atoms with Crippen molar-refractivity contribution in [1.29, 1.82) is 0 Å². The van der Waals surface area contributed by atoms with Crippen LogP contribution in [0.3, 0.4) is 0 Å². The van der Waals surface area contributed by atoms with Gasteiger partial charge in [-0.3, -0.25) is 0 Å². The molecule has 1 aliphatic rings. The third-order valence-corrected chi connectivity index (χ3v) is 20.8. The smallest absolute Gasteiger partial charge is 0.0656 e. The lowest BCUT2D eigenvalue weighted by Crippen LogP contribution is -2.71. The first-order valence-electron chi connectivity index (χ1n) is 15.1. The summed E-state index contributed by atoms with van der Waals surface area (Å²) in [6.45, 7) is 32.1. The fraction of sp³-hybridized carbons (Fsp3) is 0.389. The first-order chi connectivity index (χ1) is 18.4. The molecule has 3 aromatic rings. The van der Waals surface area contributed by atoms with E-state index in [1.165, 1.54) is 11.1 Å². The lowest BCUT2D eigenvalue weighted by Gasteiger charge is -2.40.